The average molecular weight is 600 g/mol. The molecule has 3 N–H and O–H groups in total. The van der Waals surface area contributed by atoms with Crippen LogP contribution in [0, 0.1) is 5.92 Å². The predicted molar refractivity (Wildman–Crippen MR) is 159 cm³/mol. The minimum atomic E-state index is -5.08. The van der Waals surface area contributed by atoms with Crippen LogP contribution in [0.1, 0.15) is 35.4 Å². The van der Waals surface area contributed by atoms with Crippen molar-refractivity contribution >= 4 is 45.9 Å². The van der Waals surface area contributed by atoms with Gasteiger partial charge in [0.2, 0.25) is 5.95 Å². The number of halogens is 3. The third kappa shape index (κ3) is 8.19. The standard InChI is InChI=1S/C28H31N5OS.C2HF3O2/c1-33(2)26-22-10-6-7-11-23(22)31-28(32-26)30-21-14-12-19(13-15-21)18-29-27(34)25-17-16-24(35-25)20-8-4-3-5-9-20;3-2(4,5)1(6)7/h3-11,16-17,19,21H,12-15,18H2,1-2H3,(H,29,34)(H,30,31,32);(H,6,7). The molecule has 1 amide bonds. The van der Waals surface area contributed by atoms with Crippen molar-refractivity contribution in [2.45, 2.75) is 37.9 Å². The van der Waals surface area contributed by atoms with Crippen molar-refractivity contribution in [3.05, 3.63) is 71.6 Å². The molecule has 1 aliphatic rings. The number of aromatic nitrogens is 2. The molecule has 0 bridgehead atoms. The second-order valence-electron chi connectivity index (χ2n) is 10.2. The number of carboxylic acids is 1. The molecule has 0 spiro atoms. The molecule has 0 atom stereocenters. The molecule has 5 rings (SSSR count). The molecule has 0 unspecified atom stereocenters. The number of nitrogens with zero attached hydrogens (tertiary/aromatic N) is 3. The van der Waals surface area contributed by atoms with Crippen LogP contribution in [0.5, 0.6) is 0 Å². The van der Waals surface area contributed by atoms with Gasteiger partial charge >= 0.3 is 12.1 Å². The highest BCUT2D eigenvalue weighted by atomic mass is 32.1. The van der Waals surface area contributed by atoms with Gasteiger partial charge in [0.25, 0.3) is 5.91 Å². The number of alkyl halides is 3. The van der Waals surface area contributed by atoms with Crippen molar-refractivity contribution in [1.29, 1.82) is 0 Å². The van der Waals surface area contributed by atoms with E-state index >= 15 is 0 Å². The molecule has 1 fully saturated rings. The number of para-hydroxylation sites is 1. The number of hydrogen-bond donors (Lipinski definition) is 3. The van der Waals surface area contributed by atoms with Crippen molar-refractivity contribution in [1.82, 2.24) is 15.3 Å². The lowest BCUT2D eigenvalue weighted by molar-refractivity contribution is -0.192. The van der Waals surface area contributed by atoms with E-state index in [9.17, 15) is 18.0 Å². The molecule has 0 aliphatic heterocycles. The van der Waals surface area contributed by atoms with Crippen LogP contribution in [0.3, 0.4) is 0 Å². The number of amides is 1. The van der Waals surface area contributed by atoms with E-state index in [0.717, 1.165) is 64.3 Å². The van der Waals surface area contributed by atoms with Gasteiger partial charge in [-0.05, 0) is 61.4 Å². The topological polar surface area (TPSA) is 107 Å². The van der Waals surface area contributed by atoms with E-state index in [4.69, 9.17) is 19.9 Å². The number of carbonyl (C=O) groups is 2. The molecule has 12 heteroatoms. The minimum absolute atomic E-state index is 0.0261. The molecule has 2 aromatic carbocycles. The van der Waals surface area contributed by atoms with Gasteiger partial charge in [0.15, 0.2) is 0 Å². The van der Waals surface area contributed by atoms with E-state index in [1.54, 1.807) is 11.3 Å². The summed E-state index contributed by atoms with van der Waals surface area (Å²) in [6, 6.07) is 22.6. The Morgan fingerprint density at radius 2 is 1.60 bits per heavy atom. The summed E-state index contributed by atoms with van der Waals surface area (Å²) in [5.41, 5.74) is 2.10. The predicted octanol–water partition coefficient (Wildman–Crippen LogP) is 6.46. The zero-order valence-electron chi connectivity index (χ0n) is 23.2. The highest BCUT2D eigenvalue weighted by Crippen LogP contribution is 2.30. The highest BCUT2D eigenvalue weighted by molar-refractivity contribution is 7.17. The van der Waals surface area contributed by atoms with Crippen LogP contribution in [0.2, 0.25) is 0 Å². The van der Waals surface area contributed by atoms with Gasteiger partial charge in [-0.2, -0.15) is 18.2 Å². The lowest BCUT2D eigenvalue weighted by Gasteiger charge is -2.29. The van der Waals surface area contributed by atoms with Gasteiger partial charge in [0.1, 0.15) is 5.82 Å². The van der Waals surface area contributed by atoms with E-state index in [1.165, 1.54) is 0 Å². The quantitative estimate of drug-likeness (QED) is 0.224. The lowest BCUT2D eigenvalue weighted by Crippen LogP contribution is -2.34. The van der Waals surface area contributed by atoms with E-state index in [2.05, 4.69) is 28.8 Å². The number of hydrogen-bond acceptors (Lipinski definition) is 7. The van der Waals surface area contributed by atoms with Gasteiger partial charge < -0.3 is 20.6 Å². The van der Waals surface area contributed by atoms with Crippen molar-refractivity contribution in [3.8, 4) is 10.4 Å². The number of anilines is 2. The first-order chi connectivity index (χ1) is 20.0. The van der Waals surface area contributed by atoms with Crippen LogP contribution in [0.25, 0.3) is 21.3 Å². The average Bonchev–Trinajstić information content (AvgIpc) is 3.47. The van der Waals surface area contributed by atoms with Gasteiger partial charge in [-0.25, -0.2) is 9.78 Å². The number of carbonyl (C=O) groups excluding carboxylic acids is 1. The van der Waals surface area contributed by atoms with Crippen molar-refractivity contribution in [2.75, 3.05) is 30.9 Å². The first kappa shape index (κ1) is 30.8. The fraction of sp³-hybridized carbons (Fsp3) is 0.333. The van der Waals surface area contributed by atoms with E-state index < -0.39 is 12.1 Å². The summed E-state index contributed by atoms with van der Waals surface area (Å²) in [5.74, 6) is -0.610. The number of benzene rings is 2. The smallest absolute Gasteiger partial charge is 0.475 e. The number of rotatable bonds is 7. The Morgan fingerprint density at radius 1 is 0.952 bits per heavy atom. The summed E-state index contributed by atoms with van der Waals surface area (Å²) >= 11 is 1.55. The van der Waals surface area contributed by atoms with Crippen LogP contribution in [-0.2, 0) is 4.79 Å². The summed E-state index contributed by atoms with van der Waals surface area (Å²) in [6.45, 7) is 0.724. The molecule has 1 saturated carbocycles. The second kappa shape index (κ2) is 13.6. The van der Waals surface area contributed by atoms with Crippen molar-refractivity contribution in [3.63, 3.8) is 0 Å². The molecule has 2 heterocycles. The fourth-order valence-electron chi connectivity index (χ4n) is 4.70. The zero-order chi connectivity index (χ0) is 30.3. The number of thiophene rings is 1. The van der Waals surface area contributed by atoms with Crippen molar-refractivity contribution in [2.24, 2.45) is 5.92 Å². The molecule has 0 saturated heterocycles. The normalized spacial score (nSPS) is 16.7. The first-order valence-electron chi connectivity index (χ1n) is 13.5. The number of carboxylic acid groups (broad SMARTS) is 1. The Kier molecular flexibility index (Phi) is 10.00. The Balaban J connectivity index is 0.000000517. The summed E-state index contributed by atoms with van der Waals surface area (Å²) in [7, 11) is 4.02. The Bertz CT molecular complexity index is 1500. The molecule has 1 aliphatic carbocycles. The number of aliphatic carboxylic acids is 1. The largest absolute Gasteiger partial charge is 0.490 e. The van der Waals surface area contributed by atoms with Crippen LogP contribution >= 0.6 is 11.3 Å². The maximum atomic E-state index is 12.7. The SMILES string of the molecule is CN(C)c1nc(NC2CCC(CNC(=O)c3ccc(-c4ccccc4)s3)CC2)nc2ccccc12.O=C(O)C(F)(F)F. The first-order valence-corrected chi connectivity index (χ1v) is 14.3. The maximum absolute atomic E-state index is 12.7. The summed E-state index contributed by atoms with van der Waals surface area (Å²) in [4.78, 5) is 35.0. The fourth-order valence-corrected chi connectivity index (χ4v) is 5.63. The monoisotopic (exact) mass is 599 g/mol. The summed E-state index contributed by atoms with van der Waals surface area (Å²) < 4.78 is 31.7. The van der Waals surface area contributed by atoms with Crippen LogP contribution in [-0.4, -0.2) is 59.8 Å². The third-order valence-electron chi connectivity index (χ3n) is 6.87. The van der Waals surface area contributed by atoms with Gasteiger partial charge in [-0.1, -0.05) is 42.5 Å². The molecule has 0 radical (unpaired) electrons. The number of fused-ring (bicyclic) bond motifs is 1. The van der Waals surface area contributed by atoms with E-state index in [1.807, 2.05) is 67.5 Å². The second-order valence-corrected chi connectivity index (χ2v) is 11.3. The summed E-state index contributed by atoms with van der Waals surface area (Å²) in [6.07, 6.45) is -0.839. The van der Waals surface area contributed by atoms with Gasteiger partial charge in [0, 0.05) is 36.9 Å². The Labute approximate surface area is 245 Å². The van der Waals surface area contributed by atoms with Crippen LogP contribution in [0.4, 0.5) is 24.9 Å². The van der Waals surface area contributed by atoms with Gasteiger partial charge in [-0.15, -0.1) is 11.3 Å². The Morgan fingerprint density at radius 3 is 2.24 bits per heavy atom. The van der Waals surface area contributed by atoms with Gasteiger partial charge in [0.05, 0.1) is 10.4 Å². The molecule has 2 aromatic heterocycles. The summed E-state index contributed by atoms with van der Waals surface area (Å²) in [5, 5.41) is 14.9. The maximum Gasteiger partial charge on any atom is 0.490 e. The lowest BCUT2D eigenvalue weighted by atomic mass is 9.86. The van der Waals surface area contributed by atoms with Crippen molar-refractivity contribution < 1.29 is 27.9 Å². The minimum Gasteiger partial charge on any atom is -0.475 e. The molecule has 8 nitrogen and oxygen atoms in total. The molecule has 4 aromatic rings. The van der Waals surface area contributed by atoms with Gasteiger partial charge in [-0.3, -0.25) is 4.79 Å². The van der Waals surface area contributed by atoms with Crippen LogP contribution < -0.4 is 15.5 Å². The zero-order valence-corrected chi connectivity index (χ0v) is 24.0. The molecule has 222 valence electrons. The molecular weight excluding hydrogens is 567 g/mol. The van der Waals surface area contributed by atoms with Crippen LogP contribution in [0.15, 0.2) is 66.7 Å². The third-order valence-corrected chi connectivity index (χ3v) is 8.00. The Hall–Kier alpha value is -4.19. The molecule has 42 heavy (non-hydrogen) atoms. The number of nitrogens with one attached hydrogen (secondary N) is 2. The highest BCUT2D eigenvalue weighted by Gasteiger charge is 2.38. The van der Waals surface area contributed by atoms with E-state index in [-0.39, 0.29) is 5.91 Å². The van der Waals surface area contributed by atoms with E-state index in [0.29, 0.717) is 17.9 Å². The molecular formula is C30H32F3N5O3S.